The highest BCUT2D eigenvalue weighted by Gasteiger charge is 2.32. The van der Waals surface area contributed by atoms with Gasteiger partial charge in [0.2, 0.25) is 5.91 Å². The molecule has 0 saturated carbocycles. The number of carbonyl (C=O) groups excluding carboxylic acids is 1. The maximum atomic E-state index is 12.9. The van der Waals surface area contributed by atoms with Crippen LogP contribution in [0.2, 0.25) is 0 Å². The third kappa shape index (κ3) is 6.06. The van der Waals surface area contributed by atoms with E-state index >= 15 is 0 Å². The first-order valence-electron chi connectivity index (χ1n) is 11.3. The fourth-order valence-electron chi connectivity index (χ4n) is 3.94. The van der Waals surface area contributed by atoms with Crippen molar-refractivity contribution >= 4 is 48.7 Å². The van der Waals surface area contributed by atoms with Crippen molar-refractivity contribution < 1.29 is 31.1 Å². The molecule has 0 unspecified atom stereocenters. The Morgan fingerprint density at radius 3 is 2.27 bits per heavy atom. The lowest BCUT2D eigenvalue weighted by Crippen LogP contribution is -2.41. The zero-order valence-electron chi connectivity index (χ0n) is 20.2. The third-order valence-corrected chi connectivity index (χ3v) is 10.7. The normalized spacial score (nSPS) is 15.2. The second kappa shape index (κ2) is 11.1. The van der Waals surface area contributed by atoms with E-state index in [1.807, 2.05) is 0 Å². The minimum atomic E-state index is -3.92. The molecule has 10 nitrogen and oxygen atoms in total. The number of amides is 1. The zero-order valence-corrected chi connectivity index (χ0v) is 22.7. The maximum absolute atomic E-state index is 12.9. The largest absolute Gasteiger partial charge is 0.497 e. The van der Waals surface area contributed by atoms with E-state index in [1.54, 1.807) is 35.7 Å². The van der Waals surface area contributed by atoms with E-state index in [0.717, 1.165) is 0 Å². The molecular weight excluding hydrogens is 538 g/mol. The van der Waals surface area contributed by atoms with Crippen LogP contribution in [0.4, 0.5) is 11.4 Å². The van der Waals surface area contributed by atoms with Crippen LogP contribution in [0.15, 0.2) is 69.1 Å². The van der Waals surface area contributed by atoms with Gasteiger partial charge in [0.25, 0.3) is 20.0 Å². The van der Waals surface area contributed by atoms with Crippen molar-refractivity contribution in [2.45, 2.75) is 21.9 Å². The Bertz CT molecular complexity index is 1450. The smallest absolute Gasteiger partial charge is 0.262 e. The number of thiophene rings is 1. The third-order valence-electron chi connectivity index (χ3n) is 6.00. The van der Waals surface area contributed by atoms with E-state index in [-0.39, 0.29) is 35.5 Å². The molecule has 2 aromatic carbocycles. The van der Waals surface area contributed by atoms with Crippen LogP contribution in [-0.2, 0) is 24.8 Å². The van der Waals surface area contributed by atoms with E-state index in [4.69, 9.17) is 9.47 Å². The summed E-state index contributed by atoms with van der Waals surface area (Å²) in [6, 6.07) is 13.8. The van der Waals surface area contributed by atoms with Gasteiger partial charge < -0.3 is 14.8 Å². The number of hydrogen-bond acceptors (Lipinski definition) is 8. The second-order valence-electron chi connectivity index (χ2n) is 8.30. The van der Waals surface area contributed by atoms with Crippen molar-refractivity contribution in [3.05, 3.63) is 60.0 Å². The monoisotopic (exact) mass is 565 g/mol. The molecule has 3 aromatic rings. The van der Waals surface area contributed by atoms with E-state index < -0.39 is 20.0 Å². The molecule has 2 N–H and O–H groups in total. The predicted molar refractivity (Wildman–Crippen MR) is 141 cm³/mol. The Balaban J connectivity index is 1.36. The molecule has 4 rings (SSSR count). The molecule has 0 radical (unpaired) electrons. The van der Waals surface area contributed by atoms with E-state index in [1.165, 1.54) is 54.1 Å². The molecule has 198 valence electrons. The first kappa shape index (κ1) is 26.9. The maximum Gasteiger partial charge on any atom is 0.262 e. The number of benzene rings is 2. The fraction of sp³-hybridized carbons (Fsp3) is 0.292. The van der Waals surface area contributed by atoms with Gasteiger partial charge >= 0.3 is 0 Å². The van der Waals surface area contributed by atoms with Gasteiger partial charge in [-0.2, -0.15) is 4.31 Å². The Kier molecular flexibility index (Phi) is 8.07. The summed E-state index contributed by atoms with van der Waals surface area (Å²) in [4.78, 5) is 12.8. The highest BCUT2D eigenvalue weighted by molar-refractivity contribution is 7.92. The number of carbonyl (C=O) groups is 1. The van der Waals surface area contributed by atoms with Gasteiger partial charge in [-0.15, -0.1) is 11.3 Å². The topological polar surface area (TPSA) is 131 Å². The van der Waals surface area contributed by atoms with Gasteiger partial charge in [0.15, 0.2) is 0 Å². The van der Waals surface area contributed by atoms with Gasteiger partial charge in [0.05, 0.1) is 24.8 Å². The lowest BCUT2D eigenvalue weighted by atomic mass is 9.97. The highest BCUT2D eigenvalue weighted by atomic mass is 32.2. The Hall–Kier alpha value is -3.13. The second-order valence-corrected chi connectivity index (χ2v) is 13.1. The molecule has 1 amide bonds. The summed E-state index contributed by atoms with van der Waals surface area (Å²) in [5.41, 5.74) is 0.702. The number of sulfonamides is 2. The molecule has 1 saturated heterocycles. The quantitative estimate of drug-likeness (QED) is 0.405. The number of anilines is 2. The predicted octanol–water partition coefficient (Wildman–Crippen LogP) is 3.61. The van der Waals surface area contributed by atoms with Gasteiger partial charge in [-0.1, -0.05) is 6.07 Å². The molecule has 2 heterocycles. The van der Waals surface area contributed by atoms with Crippen molar-refractivity contribution in [3.63, 3.8) is 0 Å². The molecule has 1 aromatic heterocycles. The Morgan fingerprint density at radius 1 is 0.973 bits per heavy atom. The average Bonchev–Trinajstić information content (AvgIpc) is 3.45. The van der Waals surface area contributed by atoms with Crippen LogP contribution in [-0.4, -0.2) is 54.4 Å². The number of ether oxygens (including phenoxy) is 2. The zero-order chi connectivity index (χ0) is 26.6. The standard InChI is InChI=1S/C24H27N3O7S3/c1-33-19-7-10-21(22(16-19)34-2)26-36(29,30)20-8-5-18(6-9-20)25-24(28)17-11-13-27(14-12-17)37(31,32)23-4-3-15-35-23/h3-10,15-17,26H,11-14H2,1-2H3,(H,25,28). The van der Waals surface area contributed by atoms with Crippen LogP contribution in [0.25, 0.3) is 0 Å². The van der Waals surface area contributed by atoms with Gasteiger partial charge in [0, 0.05) is 30.8 Å². The number of rotatable bonds is 9. The van der Waals surface area contributed by atoms with Crippen LogP contribution in [0.5, 0.6) is 11.5 Å². The summed E-state index contributed by atoms with van der Waals surface area (Å²) in [5.74, 6) is 0.253. The number of nitrogens with zero attached hydrogens (tertiary/aromatic N) is 1. The van der Waals surface area contributed by atoms with Crippen LogP contribution in [0.3, 0.4) is 0 Å². The van der Waals surface area contributed by atoms with Crippen molar-refractivity contribution in [2.24, 2.45) is 5.92 Å². The van der Waals surface area contributed by atoms with Gasteiger partial charge in [0.1, 0.15) is 15.7 Å². The summed E-state index contributed by atoms with van der Waals surface area (Å²) < 4.78 is 65.7. The van der Waals surface area contributed by atoms with Gasteiger partial charge in [-0.3, -0.25) is 9.52 Å². The molecule has 1 aliphatic heterocycles. The van der Waals surface area contributed by atoms with E-state index in [0.29, 0.717) is 34.2 Å². The number of piperidine rings is 1. The molecule has 0 aliphatic carbocycles. The first-order valence-corrected chi connectivity index (χ1v) is 15.1. The van der Waals surface area contributed by atoms with Crippen LogP contribution < -0.4 is 19.5 Å². The SMILES string of the molecule is COc1ccc(NS(=O)(=O)c2ccc(NC(=O)C3CCN(S(=O)(=O)c4cccs4)CC3)cc2)c(OC)c1. The number of methoxy groups -OCH3 is 2. The van der Waals surface area contributed by atoms with Crippen LogP contribution in [0, 0.1) is 5.92 Å². The summed E-state index contributed by atoms with van der Waals surface area (Å²) in [6.07, 6.45) is 0.799. The minimum absolute atomic E-state index is 0.00969. The van der Waals surface area contributed by atoms with Crippen molar-refractivity contribution in [1.29, 1.82) is 0 Å². The molecule has 0 spiro atoms. The van der Waals surface area contributed by atoms with E-state index in [9.17, 15) is 21.6 Å². The summed E-state index contributed by atoms with van der Waals surface area (Å²) in [7, 11) is -4.52. The summed E-state index contributed by atoms with van der Waals surface area (Å²) >= 11 is 1.17. The van der Waals surface area contributed by atoms with E-state index in [2.05, 4.69) is 10.0 Å². The molecule has 1 aliphatic rings. The molecule has 0 atom stereocenters. The molecule has 1 fully saturated rings. The lowest BCUT2D eigenvalue weighted by Gasteiger charge is -2.30. The first-order chi connectivity index (χ1) is 17.6. The Labute approximate surface area is 220 Å². The van der Waals surface area contributed by atoms with Crippen LogP contribution in [0.1, 0.15) is 12.8 Å². The molecular formula is C24H27N3O7S3. The van der Waals surface area contributed by atoms with Crippen molar-refractivity contribution in [1.82, 2.24) is 4.31 Å². The Morgan fingerprint density at radius 2 is 1.68 bits per heavy atom. The summed E-state index contributed by atoms with van der Waals surface area (Å²) in [5, 5.41) is 4.52. The number of hydrogen-bond donors (Lipinski definition) is 2. The van der Waals surface area contributed by atoms with Gasteiger partial charge in [-0.25, -0.2) is 16.8 Å². The molecule has 37 heavy (non-hydrogen) atoms. The minimum Gasteiger partial charge on any atom is -0.497 e. The fourth-order valence-corrected chi connectivity index (χ4v) is 7.63. The van der Waals surface area contributed by atoms with Crippen molar-refractivity contribution in [2.75, 3.05) is 37.3 Å². The number of nitrogens with one attached hydrogen (secondary N) is 2. The highest BCUT2D eigenvalue weighted by Crippen LogP contribution is 2.31. The molecule has 13 heteroatoms. The molecule has 0 bridgehead atoms. The van der Waals surface area contributed by atoms with Crippen molar-refractivity contribution in [3.8, 4) is 11.5 Å². The summed E-state index contributed by atoms with van der Waals surface area (Å²) in [6.45, 7) is 0.520. The van der Waals surface area contributed by atoms with Crippen LogP contribution >= 0.6 is 11.3 Å². The lowest BCUT2D eigenvalue weighted by molar-refractivity contribution is -0.120. The van der Waals surface area contributed by atoms with Gasteiger partial charge in [-0.05, 0) is 60.7 Å². The average molecular weight is 566 g/mol.